The van der Waals surface area contributed by atoms with Crippen molar-refractivity contribution in [2.24, 2.45) is 7.05 Å². The van der Waals surface area contributed by atoms with Gasteiger partial charge in [-0.15, -0.1) is 4.98 Å². The molecule has 0 aromatic carbocycles. The van der Waals surface area contributed by atoms with Gasteiger partial charge in [-0.1, -0.05) is 0 Å². The molecule has 0 spiro atoms. The summed E-state index contributed by atoms with van der Waals surface area (Å²) in [4.78, 5) is 7.32. The zero-order valence-electron chi connectivity index (χ0n) is 7.13. The Bertz CT molecular complexity index is 430. The summed E-state index contributed by atoms with van der Waals surface area (Å²) < 4.78 is 1.87. The minimum Gasteiger partial charge on any atom is -0.364 e. The van der Waals surface area contributed by atoms with Gasteiger partial charge in [-0.3, -0.25) is 0 Å². The van der Waals surface area contributed by atoms with Gasteiger partial charge in [0.15, 0.2) is 5.52 Å². The maximum Gasteiger partial charge on any atom is 0.235 e. The molecule has 0 atom stereocenters. The van der Waals surface area contributed by atoms with Gasteiger partial charge in [0, 0.05) is 19.3 Å². The van der Waals surface area contributed by atoms with Crippen LogP contribution in [-0.4, -0.2) is 9.97 Å². The molecule has 4 heteroatoms. The molecule has 0 aliphatic heterocycles. The van der Waals surface area contributed by atoms with Gasteiger partial charge in [0.25, 0.3) is 0 Å². The van der Waals surface area contributed by atoms with Crippen molar-refractivity contribution in [2.75, 3.05) is 5.73 Å². The van der Waals surface area contributed by atoms with Crippen LogP contribution in [0.5, 0.6) is 0 Å². The first-order valence-electron chi connectivity index (χ1n) is 3.79. The number of hydrogen-bond donors (Lipinski definition) is 2. The molecular formula is C8H11N4+. The van der Waals surface area contributed by atoms with Crippen molar-refractivity contribution in [3.63, 3.8) is 0 Å². The van der Waals surface area contributed by atoms with Crippen molar-refractivity contribution in [1.29, 1.82) is 0 Å². The fourth-order valence-corrected chi connectivity index (χ4v) is 1.26. The second-order valence-electron chi connectivity index (χ2n) is 2.86. The highest BCUT2D eigenvalue weighted by atomic mass is 15.1. The summed E-state index contributed by atoms with van der Waals surface area (Å²) in [6, 6.07) is 0. The van der Waals surface area contributed by atoms with E-state index in [1.165, 1.54) is 0 Å². The molecule has 0 unspecified atom stereocenters. The SMILES string of the molecule is Cc1nc2c[nH]cc2c(N)[n+]1C. The highest BCUT2D eigenvalue weighted by molar-refractivity contribution is 5.85. The standard InChI is InChI=1S/C8H10N4/c1-5-11-7-4-10-3-6(7)8(9)12(5)2/h3-4H,1-2H3,(H2,9,10)/p+1. The quantitative estimate of drug-likeness (QED) is 0.548. The Kier molecular flexibility index (Phi) is 1.30. The minimum absolute atomic E-state index is 0.749. The third-order valence-electron chi connectivity index (χ3n) is 2.13. The molecule has 0 fully saturated rings. The molecule has 0 bridgehead atoms. The first-order chi connectivity index (χ1) is 5.70. The first kappa shape index (κ1) is 7.09. The van der Waals surface area contributed by atoms with Crippen LogP contribution in [0, 0.1) is 6.92 Å². The molecule has 2 heterocycles. The van der Waals surface area contributed by atoms with Crippen molar-refractivity contribution >= 4 is 16.7 Å². The third kappa shape index (κ3) is 0.777. The fourth-order valence-electron chi connectivity index (χ4n) is 1.26. The Morgan fingerprint density at radius 3 is 3.00 bits per heavy atom. The minimum atomic E-state index is 0.749. The van der Waals surface area contributed by atoms with Crippen LogP contribution in [0.15, 0.2) is 12.4 Å². The van der Waals surface area contributed by atoms with E-state index in [1.54, 1.807) is 0 Å². The summed E-state index contributed by atoms with van der Waals surface area (Å²) in [5.74, 6) is 1.67. The molecule has 12 heavy (non-hydrogen) atoms. The van der Waals surface area contributed by atoms with Crippen LogP contribution in [0.4, 0.5) is 5.82 Å². The van der Waals surface area contributed by atoms with E-state index in [1.807, 2.05) is 30.9 Å². The van der Waals surface area contributed by atoms with Gasteiger partial charge in [0.2, 0.25) is 11.6 Å². The maximum absolute atomic E-state index is 5.87. The summed E-state index contributed by atoms with van der Waals surface area (Å²) in [5.41, 5.74) is 6.79. The number of hydrogen-bond acceptors (Lipinski definition) is 2. The molecular weight excluding hydrogens is 152 g/mol. The number of aromatic amines is 1. The van der Waals surface area contributed by atoms with Crippen molar-refractivity contribution in [1.82, 2.24) is 9.97 Å². The molecule has 0 amide bonds. The summed E-state index contributed by atoms with van der Waals surface area (Å²) in [6.45, 7) is 1.93. The summed E-state index contributed by atoms with van der Waals surface area (Å²) >= 11 is 0. The van der Waals surface area contributed by atoms with Gasteiger partial charge in [0.05, 0.1) is 7.05 Å². The van der Waals surface area contributed by atoms with Crippen molar-refractivity contribution in [3.05, 3.63) is 18.2 Å². The highest BCUT2D eigenvalue weighted by Gasteiger charge is 2.11. The fraction of sp³-hybridized carbons (Fsp3) is 0.250. The molecule has 0 saturated carbocycles. The topological polar surface area (TPSA) is 58.6 Å². The van der Waals surface area contributed by atoms with Crippen molar-refractivity contribution in [2.45, 2.75) is 6.92 Å². The van der Waals surface area contributed by atoms with Crippen molar-refractivity contribution in [3.8, 4) is 0 Å². The lowest BCUT2D eigenvalue weighted by molar-refractivity contribution is -0.665. The van der Waals surface area contributed by atoms with E-state index < -0.39 is 0 Å². The highest BCUT2D eigenvalue weighted by Crippen LogP contribution is 2.14. The Morgan fingerprint density at radius 2 is 2.25 bits per heavy atom. The Hall–Kier alpha value is -1.58. The number of H-pyrrole nitrogens is 1. The number of aromatic nitrogens is 3. The summed E-state index contributed by atoms with van der Waals surface area (Å²) in [5, 5.41) is 0.975. The summed E-state index contributed by atoms with van der Waals surface area (Å²) in [7, 11) is 1.91. The Balaban J connectivity index is 2.94. The predicted molar refractivity (Wildman–Crippen MR) is 46.4 cm³/mol. The zero-order valence-corrected chi connectivity index (χ0v) is 7.13. The van der Waals surface area contributed by atoms with Gasteiger partial charge in [-0.2, -0.15) is 0 Å². The number of nitrogens with one attached hydrogen (secondary N) is 1. The molecule has 2 rings (SSSR count). The lowest BCUT2D eigenvalue weighted by atomic mass is 10.3. The van der Waals surface area contributed by atoms with Crippen molar-refractivity contribution < 1.29 is 4.57 Å². The Labute approximate surface area is 70.0 Å². The maximum atomic E-state index is 5.87. The van der Waals surface area contributed by atoms with Gasteiger partial charge in [-0.25, -0.2) is 4.57 Å². The normalized spacial score (nSPS) is 10.8. The van der Waals surface area contributed by atoms with Crippen LogP contribution in [0.1, 0.15) is 5.82 Å². The summed E-state index contributed by atoms with van der Waals surface area (Å²) in [6.07, 6.45) is 3.70. The smallest absolute Gasteiger partial charge is 0.235 e. The molecule has 3 N–H and O–H groups in total. The van der Waals surface area contributed by atoms with E-state index in [2.05, 4.69) is 9.97 Å². The number of nitrogens with zero attached hydrogens (tertiary/aromatic N) is 2. The largest absolute Gasteiger partial charge is 0.364 e. The van der Waals surface area contributed by atoms with Gasteiger partial charge in [0.1, 0.15) is 5.39 Å². The van der Waals surface area contributed by atoms with E-state index in [0.717, 1.165) is 22.5 Å². The third-order valence-corrected chi connectivity index (χ3v) is 2.13. The van der Waals surface area contributed by atoms with Gasteiger partial charge >= 0.3 is 0 Å². The second kappa shape index (κ2) is 2.20. The number of rotatable bonds is 0. The molecule has 0 aliphatic carbocycles. The average Bonchev–Trinajstić information content (AvgIpc) is 2.48. The van der Waals surface area contributed by atoms with Crippen LogP contribution in [0.2, 0.25) is 0 Å². The molecule has 2 aromatic rings. The number of fused-ring (bicyclic) bond motifs is 1. The molecule has 4 nitrogen and oxygen atoms in total. The monoisotopic (exact) mass is 163 g/mol. The zero-order chi connectivity index (χ0) is 8.72. The lowest BCUT2D eigenvalue weighted by Crippen LogP contribution is -2.36. The van der Waals surface area contributed by atoms with Crippen LogP contribution in [-0.2, 0) is 7.05 Å². The van der Waals surface area contributed by atoms with Gasteiger partial charge < -0.3 is 10.7 Å². The molecule has 0 radical (unpaired) electrons. The molecule has 2 aromatic heterocycles. The van der Waals surface area contributed by atoms with Gasteiger partial charge in [-0.05, 0) is 0 Å². The Morgan fingerprint density at radius 1 is 1.50 bits per heavy atom. The molecule has 0 saturated heterocycles. The van der Waals surface area contributed by atoms with E-state index in [-0.39, 0.29) is 0 Å². The molecule has 62 valence electrons. The van der Waals surface area contributed by atoms with E-state index in [0.29, 0.717) is 0 Å². The van der Waals surface area contributed by atoms with Crippen LogP contribution >= 0.6 is 0 Å². The van der Waals surface area contributed by atoms with E-state index >= 15 is 0 Å². The number of nitrogens with two attached hydrogens (primary N) is 1. The number of anilines is 1. The number of nitrogen functional groups attached to an aromatic ring is 1. The predicted octanol–water partition coefficient (Wildman–Crippen LogP) is 0.278. The lowest BCUT2D eigenvalue weighted by Gasteiger charge is -1.99. The first-order valence-corrected chi connectivity index (χ1v) is 3.79. The van der Waals surface area contributed by atoms with E-state index in [4.69, 9.17) is 5.73 Å². The average molecular weight is 163 g/mol. The van der Waals surface area contributed by atoms with Crippen LogP contribution < -0.4 is 10.3 Å². The molecule has 0 aliphatic rings. The van der Waals surface area contributed by atoms with E-state index in [9.17, 15) is 0 Å². The van der Waals surface area contributed by atoms with Crippen LogP contribution in [0.25, 0.3) is 10.9 Å². The second-order valence-corrected chi connectivity index (χ2v) is 2.86. The van der Waals surface area contributed by atoms with Crippen LogP contribution in [0.3, 0.4) is 0 Å². The number of aryl methyl sites for hydroxylation is 1.